The first-order chi connectivity index (χ1) is 9.13. The molecule has 5 heteroatoms. The van der Waals surface area contributed by atoms with Crippen LogP contribution in [0.25, 0.3) is 0 Å². The van der Waals surface area contributed by atoms with Gasteiger partial charge in [-0.05, 0) is 42.3 Å². The van der Waals surface area contributed by atoms with Gasteiger partial charge in [0, 0.05) is 12.6 Å². The van der Waals surface area contributed by atoms with Crippen molar-refractivity contribution < 1.29 is 4.79 Å². The van der Waals surface area contributed by atoms with Crippen molar-refractivity contribution in [1.82, 2.24) is 10.2 Å². The summed E-state index contributed by atoms with van der Waals surface area (Å²) in [6.45, 7) is 7.97. The number of amides is 1. The van der Waals surface area contributed by atoms with Crippen LogP contribution < -0.4 is 11.1 Å². The van der Waals surface area contributed by atoms with Crippen molar-refractivity contribution in [3.05, 3.63) is 22.4 Å². The molecule has 1 amide bonds. The molecule has 0 aliphatic rings. The number of nitrogens with one attached hydrogen (secondary N) is 1. The van der Waals surface area contributed by atoms with Gasteiger partial charge in [0.2, 0.25) is 5.91 Å². The minimum absolute atomic E-state index is 0.0453. The van der Waals surface area contributed by atoms with Gasteiger partial charge in [-0.2, -0.15) is 11.3 Å². The molecule has 0 fully saturated rings. The Morgan fingerprint density at radius 2 is 2.21 bits per heavy atom. The Labute approximate surface area is 120 Å². The zero-order chi connectivity index (χ0) is 14.3. The van der Waals surface area contributed by atoms with Crippen LogP contribution in [0.3, 0.4) is 0 Å². The quantitative estimate of drug-likeness (QED) is 0.767. The zero-order valence-electron chi connectivity index (χ0n) is 12.1. The molecule has 0 spiro atoms. The third kappa shape index (κ3) is 4.60. The van der Waals surface area contributed by atoms with Crippen molar-refractivity contribution in [2.24, 2.45) is 5.73 Å². The van der Waals surface area contributed by atoms with E-state index in [2.05, 4.69) is 40.9 Å². The molecule has 3 N–H and O–H groups in total. The van der Waals surface area contributed by atoms with E-state index in [1.54, 1.807) is 11.3 Å². The Morgan fingerprint density at radius 3 is 2.68 bits per heavy atom. The maximum Gasteiger partial charge on any atom is 0.234 e. The van der Waals surface area contributed by atoms with Gasteiger partial charge in [-0.25, -0.2) is 0 Å². The summed E-state index contributed by atoms with van der Waals surface area (Å²) in [5.74, 6) is 0.0629. The van der Waals surface area contributed by atoms with Gasteiger partial charge in [-0.1, -0.05) is 13.8 Å². The lowest BCUT2D eigenvalue weighted by atomic mass is 9.98. The minimum atomic E-state index is 0.0453. The Kier molecular flexibility index (Phi) is 7.05. The van der Waals surface area contributed by atoms with Crippen LogP contribution >= 0.6 is 11.3 Å². The van der Waals surface area contributed by atoms with E-state index in [0.717, 1.165) is 13.0 Å². The van der Waals surface area contributed by atoms with Crippen molar-refractivity contribution in [3.8, 4) is 0 Å². The summed E-state index contributed by atoms with van der Waals surface area (Å²) < 4.78 is 0. The van der Waals surface area contributed by atoms with Gasteiger partial charge in [-0.3, -0.25) is 9.69 Å². The largest absolute Gasteiger partial charge is 0.355 e. The van der Waals surface area contributed by atoms with Crippen LogP contribution in [-0.4, -0.2) is 36.5 Å². The molecule has 0 aliphatic heterocycles. The lowest BCUT2D eigenvalue weighted by Crippen LogP contribution is -2.45. The highest BCUT2D eigenvalue weighted by Crippen LogP contribution is 2.26. The number of hydrogen-bond donors (Lipinski definition) is 2. The van der Waals surface area contributed by atoms with Gasteiger partial charge in [0.05, 0.1) is 12.6 Å². The summed E-state index contributed by atoms with van der Waals surface area (Å²) >= 11 is 1.67. The summed E-state index contributed by atoms with van der Waals surface area (Å²) in [5.41, 5.74) is 7.48. The molecule has 0 saturated carbocycles. The van der Waals surface area contributed by atoms with Crippen LogP contribution in [0.5, 0.6) is 0 Å². The van der Waals surface area contributed by atoms with Crippen molar-refractivity contribution in [2.75, 3.05) is 19.6 Å². The average Bonchev–Trinajstić information content (AvgIpc) is 2.91. The number of carbonyl (C=O) groups excluding carboxylic acids is 1. The van der Waals surface area contributed by atoms with Gasteiger partial charge in [-0.15, -0.1) is 0 Å². The first kappa shape index (κ1) is 16.1. The van der Waals surface area contributed by atoms with Gasteiger partial charge in [0.1, 0.15) is 0 Å². The zero-order valence-corrected chi connectivity index (χ0v) is 12.9. The van der Waals surface area contributed by atoms with E-state index in [9.17, 15) is 4.79 Å². The average molecular weight is 283 g/mol. The predicted molar refractivity (Wildman–Crippen MR) is 81.3 cm³/mol. The van der Waals surface area contributed by atoms with Gasteiger partial charge < -0.3 is 11.1 Å². The second-order valence-corrected chi connectivity index (χ2v) is 5.37. The third-order valence-electron chi connectivity index (χ3n) is 3.28. The van der Waals surface area contributed by atoms with Crippen molar-refractivity contribution in [1.29, 1.82) is 0 Å². The number of nitrogens with zero attached hydrogens (tertiary/aromatic N) is 1. The molecule has 0 saturated heterocycles. The van der Waals surface area contributed by atoms with Crippen LogP contribution in [0.1, 0.15) is 38.8 Å². The first-order valence-corrected chi connectivity index (χ1v) is 7.86. The fourth-order valence-corrected chi connectivity index (χ4v) is 2.93. The SMILES string of the molecule is CCNC(=O)CN(CC)C(c1ccsc1)C(N)CC. The summed E-state index contributed by atoms with van der Waals surface area (Å²) in [6, 6.07) is 2.26. The molecule has 108 valence electrons. The molecular formula is C14H25N3OS. The van der Waals surface area contributed by atoms with Crippen molar-refractivity contribution >= 4 is 17.2 Å². The maximum absolute atomic E-state index is 11.8. The molecule has 0 aromatic carbocycles. The van der Waals surface area contributed by atoms with E-state index in [1.165, 1.54) is 5.56 Å². The standard InChI is InChI=1S/C14H25N3OS/c1-4-12(15)14(11-7-8-19-10-11)17(6-3)9-13(18)16-5-2/h7-8,10,12,14H,4-6,9,15H2,1-3H3,(H,16,18). The number of rotatable bonds is 8. The lowest BCUT2D eigenvalue weighted by molar-refractivity contribution is -0.122. The van der Waals surface area contributed by atoms with Gasteiger partial charge in [0.25, 0.3) is 0 Å². The van der Waals surface area contributed by atoms with E-state index in [4.69, 9.17) is 5.73 Å². The predicted octanol–water partition coefficient (Wildman–Crippen LogP) is 1.98. The molecule has 0 bridgehead atoms. The Morgan fingerprint density at radius 1 is 1.47 bits per heavy atom. The summed E-state index contributed by atoms with van der Waals surface area (Å²) in [6.07, 6.45) is 0.895. The fourth-order valence-electron chi connectivity index (χ4n) is 2.24. The van der Waals surface area contributed by atoms with Crippen LogP contribution in [0, 0.1) is 0 Å². The lowest BCUT2D eigenvalue weighted by Gasteiger charge is -2.33. The van der Waals surface area contributed by atoms with Crippen LogP contribution in [0.15, 0.2) is 16.8 Å². The number of nitrogens with two attached hydrogens (primary N) is 1. The van der Waals surface area contributed by atoms with E-state index >= 15 is 0 Å². The van der Waals surface area contributed by atoms with E-state index in [-0.39, 0.29) is 18.0 Å². The van der Waals surface area contributed by atoms with Crippen LogP contribution in [0.4, 0.5) is 0 Å². The Balaban J connectivity index is 2.84. The molecule has 1 rings (SSSR count). The molecule has 0 radical (unpaired) electrons. The van der Waals surface area contributed by atoms with Crippen LogP contribution in [-0.2, 0) is 4.79 Å². The smallest absolute Gasteiger partial charge is 0.234 e. The number of thiophene rings is 1. The minimum Gasteiger partial charge on any atom is -0.355 e. The molecule has 2 atom stereocenters. The topological polar surface area (TPSA) is 58.4 Å². The fraction of sp³-hybridized carbons (Fsp3) is 0.643. The highest BCUT2D eigenvalue weighted by atomic mass is 32.1. The molecule has 1 heterocycles. The maximum atomic E-state index is 11.8. The van der Waals surface area contributed by atoms with Gasteiger partial charge in [0.15, 0.2) is 0 Å². The number of carbonyl (C=O) groups is 1. The summed E-state index contributed by atoms with van der Waals surface area (Å²) in [5, 5.41) is 7.03. The third-order valence-corrected chi connectivity index (χ3v) is 3.98. The van der Waals surface area contributed by atoms with E-state index < -0.39 is 0 Å². The molecule has 4 nitrogen and oxygen atoms in total. The second kappa shape index (κ2) is 8.30. The highest BCUT2D eigenvalue weighted by Gasteiger charge is 2.26. The monoisotopic (exact) mass is 283 g/mol. The van der Waals surface area contributed by atoms with Gasteiger partial charge >= 0.3 is 0 Å². The Bertz CT molecular complexity index is 367. The Hall–Kier alpha value is -0.910. The number of hydrogen-bond acceptors (Lipinski definition) is 4. The molecule has 1 aromatic rings. The van der Waals surface area contributed by atoms with E-state index in [0.29, 0.717) is 13.1 Å². The van der Waals surface area contributed by atoms with Crippen LogP contribution in [0.2, 0.25) is 0 Å². The molecule has 0 aliphatic carbocycles. The second-order valence-electron chi connectivity index (χ2n) is 4.59. The molecule has 1 aromatic heterocycles. The summed E-state index contributed by atoms with van der Waals surface area (Å²) in [4.78, 5) is 14.0. The molecular weight excluding hydrogens is 258 g/mol. The number of likely N-dealkylation sites (N-methyl/N-ethyl adjacent to an activating group) is 2. The van der Waals surface area contributed by atoms with Crippen molar-refractivity contribution in [3.63, 3.8) is 0 Å². The normalized spacial score (nSPS) is 14.4. The first-order valence-electron chi connectivity index (χ1n) is 6.92. The van der Waals surface area contributed by atoms with Crippen molar-refractivity contribution in [2.45, 2.75) is 39.3 Å². The van der Waals surface area contributed by atoms with E-state index in [1.807, 2.05) is 6.92 Å². The molecule has 19 heavy (non-hydrogen) atoms. The highest BCUT2D eigenvalue weighted by molar-refractivity contribution is 7.07. The summed E-state index contributed by atoms with van der Waals surface area (Å²) in [7, 11) is 0. The molecule has 2 unspecified atom stereocenters.